The average molecular weight is 819 g/mol. The van der Waals surface area contributed by atoms with Crippen LogP contribution in [-0.2, 0) is 23.9 Å². The van der Waals surface area contributed by atoms with Crippen LogP contribution < -0.4 is 19.4 Å². The average Bonchev–Trinajstić information content (AvgIpc) is 3.54. The van der Waals surface area contributed by atoms with Crippen molar-refractivity contribution < 1.29 is 55.7 Å². The summed E-state index contributed by atoms with van der Waals surface area (Å²) in [5, 5.41) is 10.1. The fourth-order valence-electron chi connectivity index (χ4n) is 8.71. The molecule has 0 radical (unpaired) electrons. The summed E-state index contributed by atoms with van der Waals surface area (Å²) in [5.74, 6) is -21.3. The van der Waals surface area contributed by atoms with Crippen LogP contribution in [-0.4, -0.2) is 71.9 Å². The van der Waals surface area contributed by atoms with E-state index in [0.717, 1.165) is 10.6 Å². The van der Waals surface area contributed by atoms with Gasteiger partial charge in [-0.2, -0.15) is 0 Å². The fraction of sp³-hybridized carbons (Fsp3) is 0.333. The Morgan fingerprint density at radius 3 is 2.09 bits per heavy atom. The Kier molecular flexibility index (Phi) is 9.20. The Balaban J connectivity index is 1.23. The molecule has 292 valence electrons. The van der Waals surface area contributed by atoms with Gasteiger partial charge in [0.25, 0.3) is 11.8 Å². The van der Waals surface area contributed by atoms with Crippen LogP contribution in [0.5, 0.6) is 11.5 Å². The molecule has 3 saturated heterocycles. The molecule has 4 amide bonds. The third kappa shape index (κ3) is 5.30. The van der Waals surface area contributed by atoms with E-state index in [1.165, 1.54) is 37.5 Å². The maximum Gasteiger partial charge on any atom is 0.258 e. The van der Waals surface area contributed by atoms with Crippen molar-refractivity contribution in [3.63, 3.8) is 0 Å². The molecule has 0 bridgehead atoms. The maximum atomic E-state index is 15.3. The number of aromatic hydroxyl groups is 1. The molecule has 2 aliphatic carbocycles. The molecule has 3 aromatic rings. The number of phenols is 1. The van der Waals surface area contributed by atoms with E-state index >= 15 is 8.78 Å². The van der Waals surface area contributed by atoms with Crippen LogP contribution in [0.4, 0.5) is 39.0 Å². The summed E-state index contributed by atoms with van der Waals surface area (Å²) in [4.78, 5) is 54.8. The molecule has 8 rings (SSSR count). The highest BCUT2D eigenvalue weighted by Gasteiger charge is 2.76. The van der Waals surface area contributed by atoms with E-state index in [2.05, 4.69) is 4.90 Å². The third-order valence-electron chi connectivity index (χ3n) is 11.4. The van der Waals surface area contributed by atoms with Crippen molar-refractivity contribution in [2.45, 2.75) is 22.6 Å². The van der Waals surface area contributed by atoms with Crippen LogP contribution in [0.15, 0.2) is 60.2 Å². The summed E-state index contributed by atoms with van der Waals surface area (Å²) in [6.07, 6.45) is 3.78. The van der Waals surface area contributed by atoms with E-state index in [1.807, 2.05) is 0 Å². The van der Waals surface area contributed by atoms with Crippen LogP contribution in [0, 0.1) is 52.8 Å². The molecule has 0 spiro atoms. The number of halogens is 7. The molecule has 4 fully saturated rings. The molecule has 56 heavy (non-hydrogen) atoms. The van der Waals surface area contributed by atoms with Crippen LogP contribution in [0.3, 0.4) is 0 Å². The maximum absolute atomic E-state index is 15.3. The molecule has 3 heterocycles. The molecule has 0 unspecified atom stereocenters. The van der Waals surface area contributed by atoms with E-state index in [4.69, 9.17) is 32.7 Å². The summed E-state index contributed by atoms with van der Waals surface area (Å²) in [6.45, 7) is 2.40. The molecule has 1 N–H and O–H groups in total. The third-order valence-corrected chi connectivity index (χ3v) is 12.9. The number of carbonyl (C=O) groups is 4. The van der Waals surface area contributed by atoms with E-state index in [1.54, 1.807) is 30.3 Å². The molecule has 17 heteroatoms. The van der Waals surface area contributed by atoms with Crippen LogP contribution in [0.2, 0.25) is 0 Å². The molecule has 10 nitrogen and oxygen atoms in total. The first-order valence-electron chi connectivity index (χ1n) is 17.5. The van der Waals surface area contributed by atoms with Gasteiger partial charge in [0.2, 0.25) is 17.6 Å². The molecule has 0 aromatic heterocycles. The monoisotopic (exact) mass is 817 g/mol. The Morgan fingerprint density at radius 1 is 0.821 bits per heavy atom. The van der Waals surface area contributed by atoms with E-state index in [9.17, 15) is 37.5 Å². The predicted molar refractivity (Wildman–Crippen MR) is 193 cm³/mol. The van der Waals surface area contributed by atoms with Gasteiger partial charge in [-0.1, -0.05) is 29.9 Å². The van der Waals surface area contributed by atoms with Crippen molar-refractivity contribution in [2.75, 3.05) is 48.1 Å². The number of hydrogen-bond acceptors (Lipinski definition) is 8. The second-order valence-electron chi connectivity index (χ2n) is 14.2. The summed E-state index contributed by atoms with van der Waals surface area (Å²) in [6, 6.07) is 11.0. The Morgan fingerprint density at radius 2 is 1.45 bits per heavy atom. The van der Waals surface area contributed by atoms with Crippen LogP contribution >= 0.6 is 23.2 Å². The highest BCUT2D eigenvalue weighted by molar-refractivity contribution is 6.58. The molecule has 3 aliphatic heterocycles. The first kappa shape index (κ1) is 37.9. The second kappa shape index (κ2) is 13.6. The van der Waals surface area contributed by atoms with Gasteiger partial charge in [-0.25, -0.2) is 26.9 Å². The number of ether oxygens (including phenoxy) is 2. The van der Waals surface area contributed by atoms with Crippen molar-refractivity contribution >= 4 is 70.0 Å². The van der Waals surface area contributed by atoms with Gasteiger partial charge in [0.05, 0.1) is 37.8 Å². The van der Waals surface area contributed by atoms with Crippen molar-refractivity contribution in [1.29, 1.82) is 0 Å². The second-order valence-corrected chi connectivity index (χ2v) is 15.4. The van der Waals surface area contributed by atoms with Gasteiger partial charge in [0, 0.05) is 24.7 Å². The number of phenolic OH excluding ortho intramolecular Hbond substituents is 1. The minimum atomic E-state index is -2.65. The number of imide groups is 2. The number of methoxy groups -OCH3 is 1. The van der Waals surface area contributed by atoms with Gasteiger partial charge in [0.15, 0.2) is 44.5 Å². The molecular formula is C39H30Cl2F5N3O7. The number of morpholine rings is 1. The zero-order valence-electron chi connectivity index (χ0n) is 29.2. The lowest BCUT2D eigenvalue weighted by Crippen LogP contribution is -2.60. The van der Waals surface area contributed by atoms with Crippen molar-refractivity contribution in [1.82, 2.24) is 0 Å². The number of amides is 4. The number of hydrogen-bond donors (Lipinski definition) is 1. The summed E-state index contributed by atoms with van der Waals surface area (Å²) >= 11 is 14.3. The summed E-state index contributed by atoms with van der Waals surface area (Å²) in [7, 11) is 1.31. The standard InChI is InChI=1S/C39H30Cl2F5N3O7/c1-55-26-16-18(3-11-25(26)50)2-10-24-21-8-9-22-27(35(52)48(34(22)51)20-6-4-19(5-7-20)47-12-14-56-15-13-47)23(21)17-38(40)36(53)49(37(54)39(24,38)41)33-31(45)29(43)28(42)30(44)32(33)46/h2-8,10-11,16,22-24,27,50H,9,12-15,17H2,1H3/t22-,23+,24-,27-,38+,39-/m0/s1. The first-order valence-corrected chi connectivity index (χ1v) is 18.2. The number of anilines is 3. The van der Waals surface area contributed by atoms with Crippen molar-refractivity contribution in [3.05, 3.63) is 94.8 Å². The van der Waals surface area contributed by atoms with Crippen LogP contribution in [0.1, 0.15) is 18.4 Å². The van der Waals surface area contributed by atoms with Gasteiger partial charge in [-0.15, -0.1) is 23.2 Å². The Hall–Kier alpha value is -4.99. The molecule has 6 atom stereocenters. The zero-order chi connectivity index (χ0) is 40.0. The van der Waals surface area contributed by atoms with Gasteiger partial charge in [-0.05, 0) is 60.7 Å². The smallest absolute Gasteiger partial charge is 0.258 e. The number of benzene rings is 3. The Bertz CT molecular complexity index is 2260. The van der Waals surface area contributed by atoms with Gasteiger partial charge >= 0.3 is 0 Å². The first-order chi connectivity index (χ1) is 26.6. The lowest BCUT2D eigenvalue weighted by atomic mass is 9.57. The predicted octanol–water partition coefficient (Wildman–Crippen LogP) is 6.25. The van der Waals surface area contributed by atoms with Gasteiger partial charge in [-0.3, -0.25) is 24.1 Å². The minimum absolute atomic E-state index is 0.00739. The molecule has 3 aromatic carbocycles. The fourth-order valence-corrected chi connectivity index (χ4v) is 9.60. The number of carbonyl (C=O) groups excluding carboxylic acids is 4. The van der Waals surface area contributed by atoms with Gasteiger partial charge < -0.3 is 19.5 Å². The molecular weight excluding hydrogens is 788 g/mol. The lowest BCUT2D eigenvalue weighted by Gasteiger charge is -2.49. The Labute approximate surface area is 325 Å². The normalized spacial score (nSPS) is 28.9. The lowest BCUT2D eigenvalue weighted by molar-refractivity contribution is -0.125. The van der Waals surface area contributed by atoms with E-state index < -0.39 is 98.2 Å². The number of fused-ring (bicyclic) bond motifs is 4. The minimum Gasteiger partial charge on any atom is -0.504 e. The van der Waals surface area contributed by atoms with Crippen molar-refractivity contribution in [3.8, 4) is 11.5 Å². The van der Waals surface area contributed by atoms with Crippen molar-refractivity contribution in [2.24, 2.45) is 23.7 Å². The van der Waals surface area contributed by atoms with Crippen LogP contribution in [0.25, 0.3) is 6.08 Å². The van der Waals surface area contributed by atoms with Gasteiger partial charge in [0.1, 0.15) is 5.69 Å². The quantitative estimate of drug-likeness (QED) is 0.0776. The van der Waals surface area contributed by atoms with E-state index in [0.29, 0.717) is 43.1 Å². The highest BCUT2D eigenvalue weighted by atomic mass is 35.5. The largest absolute Gasteiger partial charge is 0.504 e. The SMILES string of the molecule is COc1cc(C=C[C@H]2C3=CC[C@@H]4C(=O)N(c5ccc(N6CCOCC6)cc5)C(=O)[C@@H]4[C@@H]3C[C@@]3(Cl)C(=O)N(c4c(F)c(F)c(F)c(F)c4F)C(=O)[C@@]23Cl)ccc1O. The number of nitrogens with zero attached hydrogens (tertiary/aromatic N) is 3. The summed E-state index contributed by atoms with van der Waals surface area (Å²) < 4.78 is 84.3. The molecule has 5 aliphatic rings. The number of rotatable bonds is 6. The number of allylic oxidation sites excluding steroid dienone is 3. The summed E-state index contributed by atoms with van der Waals surface area (Å²) in [5.41, 5.74) is -0.0332. The van der Waals surface area contributed by atoms with E-state index in [-0.39, 0.29) is 22.8 Å². The highest BCUT2D eigenvalue weighted by Crippen LogP contribution is 2.64. The number of alkyl halides is 2. The zero-order valence-corrected chi connectivity index (χ0v) is 30.7. The molecule has 1 saturated carbocycles. The topological polar surface area (TPSA) is 117 Å².